The summed E-state index contributed by atoms with van der Waals surface area (Å²) in [4.78, 5) is 11.7. The first-order valence-corrected chi connectivity index (χ1v) is 6.53. The molecule has 0 saturated heterocycles. The molecule has 6 nitrogen and oxygen atoms in total. The molecule has 0 spiro atoms. The highest BCUT2D eigenvalue weighted by Crippen LogP contribution is 2.42. The van der Waals surface area contributed by atoms with Crippen LogP contribution in [0.5, 0.6) is 17.2 Å². The second-order valence-electron chi connectivity index (χ2n) is 5.09. The molecule has 110 valence electrons. The minimum absolute atomic E-state index is 0.149. The number of rotatable bonds is 6. The van der Waals surface area contributed by atoms with Crippen molar-refractivity contribution in [2.45, 2.75) is 19.9 Å². The number of carbonyl (C=O) groups is 1. The zero-order valence-electron chi connectivity index (χ0n) is 11.9. The number of carbonyl (C=O) groups excluding carboxylic acids is 1. The molecule has 0 bridgehead atoms. The lowest BCUT2D eigenvalue weighted by Crippen LogP contribution is -2.35. The van der Waals surface area contributed by atoms with Gasteiger partial charge in [-0.25, -0.2) is 0 Å². The van der Waals surface area contributed by atoms with Crippen molar-refractivity contribution in [3.8, 4) is 17.2 Å². The predicted octanol–water partition coefficient (Wildman–Crippen LogP) is 1.20. The molecule has 0 fully saturated rings. The number of benzene rings is 1. The van der Waals surface area contributed by atoms with Crippen LogP contribution in [0.4, 0.5) is 0 Å². The van der Waals surface area contributed by atoms with Gasteiger partial charge in [-0.05, 0) is 30.2 Å². The monoisotopic (exact) mass is 280 g/mol. The minimum atomic E-state index is -0.583. The van der Waals surface area contributed by atoms with Crippen LogP contribution in [0.3, 0.4) is 0 Å². The molecule has 1 aliphatic rings. The van der Waals surface area contributed by atoms with Crippen LogP contribution in [0.25, 0.3) is 0 Å². The number of nitrogens with two attached hydrogens (primary N) is 1. The summed E-state index contributed by atoms with van der Waals surface area (Å²) >= 11 is 0. The first kappa shape index (κ1) is 14.5. The van der Waals surface area contributed by atoms with Crippen molar-refractivity contribution in [3.05, 3.63) is 17.7 Å². The van der Waals surface area contributed by atoms with Crippen molar-refractivity contribution < 1.29 is 19.0 Å². The van der Waals surface area contributed by atoms with Gasteiger partial charge in [0.2, 0.25) is 18.4 Å². The van der Waals surface area contributed by atoms with Crippen LogP contribution in [-0.2, 0) is 4.79 Å². The molecular formula is C14H20N2O4. The van der Waals surface area contributed by atoms with E-state index >= 15 is 0 Å². The van der Waals surface area contributed by atoms with Gasteiger partial charge in [0.1, 0.15) is 6.04 Å². The molecule has 0 aromatic heterocycles. The predicted molar refractivity (Wildman–Crippen MR) is 73.9 cm³/mol. The molecule has 1 heterocycles. The third kappa shape index (κ3) is 2.96. The Balaban J connectivity index is 2.31. The summed E-state index contributed by atoms with van der Waals surface area (Å²) in [5, 5.41) is 3.15. The van der Waals surface area contributed by atoms with E-state index in [0.29, 0.717) is 35.3 Å². The van der Waals surface area contributed by atoms with Gasteiger partial charge in [0.15, 0.2) is 11.5 Å². The van der Waals surface area contributed by atoms with Gasteiger partial charge in [-0.3, -0.25) is 4.79 Å². The van der Waals surface area contributed by atoms with Crippen LogP contribution in [0.1, 0.15) is 25.5 Å². The van der Waals surface area contributed by atoms with Gasteiger partial charge in [-0.15, -0.1) is 0 Å². The zero-order chi connectivity index (χ0) is 14.7. The number of methoxy groups -OCH3 is 1. The Kier molecular flexibility index (Phi) is 4.34. The number of hydrogen-bond donors (Lipinski definition) is 2. The Labute approximate surface area is 118 Å². The van der Waals surface area contributed by atoms with Crippen LogP contribution in [-0.4, -0.2) is 26.4 Å². The fraction of sp³-hybridized carbons (Fsp3) is 0.500. The number of nitrogens with one attached hydrogen (secondary N) is 1. The smallest absolute Gasteiger partial charge is 0.239 e. The van der Waals surface area contributed by atoms with Crippen molar-refractivity contribution in [1.29, 1.82) is 0 Å². The van der Waals surface area contributed by atoms with E-state index in [4.69, 9.17) is 19.9 Å². The summed E-state index contributed by atoms with van der Waals surface area (Å²) in [5.41, 5.74) is 6.19. The Hall–Kier alpha value is -1.95. The summed E-state index contributed by atoms with van der Waals surface area (Å²) in [6, 6.07) is 2.92. The van der Waals surface area contributed by atoms with Crippen molar-refractivity contribution in [2.75, 3.05) is 20.4 Å². The maximum Gasteiger partial charge on any atom is 0.239 e. The van der Waals surface area contributed by atoms with Crippen LogP contribution in [0.15, 0.2) is 12.1 Å². The van der Waals surface area contributed by atoms with Gasteiger partial charge >= 0.3 is 0 Å². The van der Waals surface area contributed by atoms with Gasteiger partial charge < -0.3 is 25.3 Å². The lowest BCUT2D eigenvalue weighted by atomic mass is 10.0. The average molecular weight is 280 g/mol. The zero-order valence-corrected chi connectivity index (χ0v) is 11.9. The van der Waals surface area contributed by atoms with Crippen LogP contribution >= 0.6 is 0 Å². The van der Waals surface area contributed by atoms with Gasteiger partial charge in [0, 0.05) is 0 Å². The van der Waals surface area contributed by atoms with E-state index in [0.717, 1.165) is 0 Å². The SMILES string of the molecule is COc1cc(C(NCC(C)C)C(N)=O)cc2c1OCO2. The van der Waals surface area contributed by atoms with Crippen molar-refractivity contribution in [2.24, 2.45) is 11.7 Å². The molecule has 6 heteroatoms. The van der Waals surface area contributed by atoms with E-state index in [2.05, 4.69) is 19.2 Å². The third-order valence-electron chi connectivity index (χ3n) is 3.03. The quantitative estimate of drug-likeness (QED) is 0.818. The lowest BCUT2D eigenvalue weighted by Gasteiger charge is -2.18. The molecule has 0 radical (unpaired) electrons. The van der Waals surface area contributed by atoms with Gasteiger partial charge in [-0.1, -0.05) is 13.8 Å². The number of ether oxygens (including phenoxy) is 3. The lowest BCUT2D eigenvalue weighted by molar-refractivity contribution is -0.120. The first-order valence-electron chi connectivity index (χ1n) is 6.53. The highest BCUT2D eigenvalue weighted by molar-refractivity contribution is 5.82. The van der Waals surface area contributed by atoms with Crippen LogP contribution in [0, 0.1) is 5.92 Å². The normalized spacial score (nSPS) is 14.4. The molecular weight excluding hydrogens is 260 g/mol. The van der Waals surface area contributed by atoms with E-state index in [1.165, 1.54) is 0 Å². The van der Waals surface area contributed by atoms with Crippen molar-refractivity contribution in [3.63, 3.8) is 0 Å². The van der Waals surface area contributed by atoms with E-state index in [-0.39, 0.29) is 6.79 Å². The Bertz CT molecular complexity index is 502. The second-order valence-corrected chi connectivity index (χ2v) is 5.09. The first-order chi connectivity index (χ1) is 9.52. The number of amides is 1. The molecule has 0 aliphatic carbocycles. The van der Waals surface area contributed by atoms with E-state index in [1.807, 2.05) is 0 Å². The van der Waals surface area contributed by atoms with E-state index in [9.17, 15) is 4.79 Å². The van der Waals surface area contributed by atoms with Crippen LogP contribution < -0.4 is 25.3 Å². The summed E-state index contributed by atoms with van der Waals surface area (Å²) in [7, 11) is 1.54. The standard InChI is InChI=1S/C14H20N2O4/c1-8(2)6-16-12(14(15)17)9-4-10(18-3)13-11(5-9)19-7-20-13/h4-5,8,12,16H,6-7H2,1-3H3,(H2,15,17). The topological polar surface area (TPSA) is 82.8 Å². The summed E-state index contributed by atoms with van der Waals surface area (Å²) in [5.74, 6) is 1.63. The highest BCUT2D eigenvalue weighted by atomic mass is 16.7. The summed E-state index contributed by atoms with van der Waals surface area (Å²) in [6.07, 6.45) is 0. The number of primary amides is 1. The van der Waals surface area contributed by atoms with E-state index in [1.54, 1.807) is 19.2 Å². The molecule has 2 rings (SSSR count). The fourth-order valence-electron chi connectivity index (χ4n) is 2.05. The molecule has 3 N–H and O–H groups in total. The molecule has 1 unspecified atom stereocenters. The maximum absolute atomic E-state index is 11.7. The summed E-state index contributed by atoms with van der Waals surface area (Å²) in [6.45, 7) is 4.96. The van der Waals surface area contributed by atoms with Crippen molar-refractivity contribution >= 4 is 5.91 Å². The van der Waals surface area contributed by atoms with Gasteiger partial charge in [0.05, 0.1) is 7.11 Å². The van der Waals surface area contributed by atoms with Gasteiger partial charge in [0.25, 0.3) is 0 Å². The molecule has 20 heavy (non-hydrogen) atoms. The van der Waals surface area contributed by atoms with E-state index < -0.39 is 11.9 Å². The summed E-state index contributed by atoms with van der Waals surface area (Å²) < 4.78 is 16.0. The number of fused-ring (bicyclic) bond motifs is 1. The van der Waals surface area contributed by atoms with Gasteiger partial charge in [-0.2, -0.15) is 0 Å². The van der Waals surface area contributed by atoms with Crippen molar-refractivity contribution in [1.82, 2.24) is 5.32 Å². The Morgan fingerprint density at radius 2 is 2.20 bits per heavy atom. The molecule has 1 atom stereocenters. The molecule has 1 amide bonds. The molecule has 1 aromatic carbocycles. The molecule has 1 aromatic rings. The minimum Gasteiger partial charge on any atom is -0.493 e. The third-order valence-corrected chi connectivity index (χ3v) is 3.03. The molecule has 0 saturated carbocycles. The molecule has 1 aliphatic heterocycles. The fourth-order valence-corrected chi connectivity index (χ4v) is 2.05. The number of hydrogen-bond acceptors (Lipinski definition) is 5. The largest absolute Gasteiger partial charge is 0.493 e. The Morgan fingerprint density at radius 3 is 2.80 bits per heavy atom. The maximum atomic E-state index is 11.7. The second kappa shape index (κ2) is 6.00. The Morgan fingerprint density at radius 1 is 1.45 bits per heavy atom. The highest BCUT2D eigenvalue weighted by Gasteiger charge is 2.25. The van der Waals surface area contributed by atoms with Crippen LogP contribution in [0.2, 0.25) is 0 Å². The average Bonchev–Trinajstić information content (AvgIpc) is 2.85.